The van der Waals surface area contributed by atoms with Crippen molar-refractivity contribution in [2.24, 2.45) is 0 Å². The van der Waals surface area contributed by atoms with Gasteiger partial charge in [-0.3, -0.25) is 14.5 Å². The number of rotatable bonds is 7. The summed E-state index contributed by atoms with van der Waals surface area (Å²) in [5.41, 5.74) is 1.70. The fourth-order valence-corrected chi connectivity index (χ4v) is 5.23. The zero-order valence-corrected chi connectivity index (χ0v) is 22.9. The van der Waals surface area contributed by atoms with E-state index in [4.69, 9.17) is 21.1 Å². The van der Waals surface area contributed by atoms with E-state index in [1.807, 2.05) is 24.3 Å². The number of thioether (sulfide) groups is 1. The molecule has 2 amide bonds. The summed E-state index contributed by atoms with van der Waals surface area (Å²) in [5, 5.41) is -0.346. The number of hydrogen-bond donors (Lipinski definition) is 0. The zero-order chi connectivity index (χ0) is 25.1. The van der Waals surface area contributed by atoms with Gasteiger partial charge in [0.1, 0.15) is 12.4 Å². The molecule has 1 fully saturated rings. The summed E-state index contributed by atoms with van der Waals surface area (Å²) >= 11 is 13.8. The number of nitrogens with zero attached hydrogens (tertiary/aromatic N) is 1. The van der Waals surface area contributed by atoms with Gasteiger partial charge in [-0.1, -0.05) is 45.7 Å². The van der Waals surface area contributed by atoms with Gasteiger partial charge < -0.3 is 9.47 Å². The topological polar surface area (TPSA) is 55.8 Å². The summed E-state index contributed by atoms with van der Waals surface area (Å²) in [6, 6.07) is 15.5. The van der Waals surface area contributed by atoms with Crippen LogP contribution in [0.4, 0.5) is 9.18 Å². The predicted molar refractivity (Wildman–Crippen MR) is 142 cm³/mol. The maximum atomic E-state index is 14.2. The molecular formula is C25H17Br2ClFNO4S. The number of carbonyl (C=O) groups excluding carboxylic acids is 2. The van der Waals surface area contributed by atoms with E-state index in [9.17, 15) is 14.0 Å². The van der Waals surface area contributed by atoms with Crippen molar-refractivity contribution in [1.29, 1.82) is 0 Å². The molecule has 1 aliphatic rings. The Bertz CT molecular complexity index is 1310. The number of imide groups is 1. The second kappa shape index (κ2) is 11.2. The maximum Gasteiger partial charge on any atom is 0.293 e. The van der Waals surface area contributed by atoms with Crippen LogP contribution in [0.2, 0.25) is 5.02 Å². The minimum absolute atomic E-state index is 0.0920. The molecule has 0 radical (unpaired) electrons. The van der Waals surface area contributed by atoms with Gasteiger partial charge in [0, 0.05) is 15.1 Å². The van der Waals surface area contributed by atoms with Gasteiger partial charge in [0.15, 0.2) is 11.5 Å². The number of benzene rings is 3. The number of methoxy groups -OCH3 is 1. The molecule has 0 aliphatic carbocycles. The van der Waals surface area contributed by atoms with E-state index in [1.54, 1.807) is 18.2 Å². The van der Waals surface area contributed by atoms with Gasteiger partial charge in [0.2, 0.25) is 0 Å². The van der Waals surface area contributed by atoms with Crippen molar-refractivity contribution in [2.45, 2.75) is 13.2 Å². The first-order chi connectivity index (χ1) is 16.8. The van der Waals surface area contributed by atoms with E-state index in [1.165, 1.54) is 25.3 Å². The fourth-order valence-electron chi connectivity index (χ4n) is 3.33. The van der Waals surface area contributed by atoms with Crippen molar-refractivity contribution < 1.29 is 23.5 Å². The summed E-state index contributed by atoms with van der Waals surface area (Å²) < 4.78 is 27.2. The van der Waals surface area contributed by atoms with Crippen LogP contribution in [0.25, 0.3) is 6.08 Å². The second-order valence-electron chi connectivity index (χ2n) is 7.42. The molecule has 0 saturated carbocycles. The lowest BCUT2D eigenvalue weighted by molar-refractivity contribution is -0.123. The first-order valence-corrected chi connectivity index (χ1v) is 13.0. The Hall–Kier alpha value is -2.33. The smallest absolute Gasteiger partial charge is 0.293 e. The van der Waals surface area contributed by atoms with Gasteiger partial charge >= 0.3 is 0 Å². The maximum absolute atomic E-state index is 14.2. The number of amides is 2. The first kappa shape index (κ1) is 25.8. The summed E-state index contributed by atoms with van der Waals surface area (Å²) in [5.74, 6) is -0.132. The molecule has 1 saturated heterocycles. The third-order valence-electron chi connectivity index (χ3n) is 5.10. The quantitative estimate of drug-likeness (QED) is 0.246. The molecule has 0 unspecified atom stereocenters. The Labute approximate surface area is 227 Å². The highest BCUT2D eigenvalue weighted by molar-refractivity contribution is 9.10. The molecule has 3 aromatic rings. The van der Waals surface area contributed by atoms with Crippen LogP contribution in [0.3, 0.4) is 0 Å². The first-order valence-electron chi connectivity index (χ1n) is 10.2. The summed E-state index contributed by atoms with van der Waals surface area (Å²) in [7, 11) is 1.52. The molecule has 0 spiro atoms. The van der Waals surface area contributed by atoms with Crippen molar-refractivity contribution in [1.82, 2.24) is 4.90 Å². The predicted octanol–water partition coefficient (Wildman–Crippen LogP) is 7.83. The SMILES string of the molecule is COc1cc(/C=C2\SC(=O)N(Cc3c(F)cccc3Cl)C2=O)cc(Br)c1OCc1ccc(Br)cc1. The molecule has 1 aliphatic heterocycles. The molecule has 0 atom stereocenters. The van der Waals surface area contributed by atoms with Crippen LogP contribution in [0.15, 0.2) is 68.4 Å². The minimum Gasteiger partial charge on any atom is -0.493 e. The van der Waals surface area contributed by atoms with Gasteiger partial charge in [0.05, 0.1) is 23.0 Å². The van der Waals surface area contributed by atoms with Gasteiger partial charge in [0.25, 0.3) is 11.1 Å². The fraction of sp³-hybridized carbons (Fsp3) is 0.120. The molecular weight excluding hydrogens is 625 g/mol. The average Bonchev–Trinajstić information content (AvgIpc) is 3.08. The van der Waals surface area contributed by atoms with E-state index in [2.05, 4.69) is 31.9 Å². The average molecular weight is 642 g/mol. The summed E-state index contributed by atoms with van der Waals surface area (Å²) in [6.45, 7) is 0.0858. The number of carbonyl (C=O) groups is 2. The van der Waals surface area contributed by atoms with E-state index in [-0.39, 0.29) is 22.0 Å². The molecule has 10 heteroatoms. The third kappa shape index (κ3) is 5.91. The third-order valence-corrected chi connectivity index (χ3v) is 7.48. The van der Waals surface area contributed by atoms with E-state index in [0.717, 1.165) is 26.7 Å². The lowest BCUT2D eigenvalue weighted by atomic mass is 10.1. The molecule has 180 valence electrons. The van der Waals surface area contributed by atoms with Crippen LogP contribution < -0.4 is 9.47 Å². The Morgan fingerprint density at radius 1 is 1.11 bits per heavy atom. The van der Waals surface area contributed by atoms with Crippen molar-refractivity contribution in [2.75, 3.05) is 7.11 Å². The van der Waals surface area contributed by atoms with Gasteiger partial charge in [-0.05, 0) is 81.3 Å². The largest absolute Gasteiger partial charge is 0.493 e. The van der Waals surface area contributed by atoms with Crippen molar-refractivity contribution in [3.05, 3.63) is 96.0 Å². The van der Waals surface area contributed by atoms with Crippen LogP contribution in [0.5, 0.6) is 11.5 Å². The van der Waals surface area contributed by atoms with Crippen molar-refractivity contribution in [3.63, 3.8) is 0 Å². The number of halogens is 4. The van der Waals surface area contributed by atoms with Gasteiger partial charge in [-0.25, -0.2) is 4.39 Å². The van der Waals surface area contributed by atoms with Crippen LogP contribution in [-0.2, 0) is 17.9 Å². The van der Waals surface area contributed by atoms with Gasteiger partial charge in [-0.15, -0.1) is 0 Å². The lowest BCUT2D eigenvalue weighted by Crippen LogP contribution is -2.28. The normalized spacial score (nSPS) is 14.7. The summed E-state index contributed by atoms with van der Waals surface area (Å²) in [6.07, 6.45) is 1.58. The lowest BCUT2D eigenvalue weighted by Gasteiger charge is -2.14. The van der Waals surface area contributed by atoms with Crippen molar-refractivity contribution >= 4 is 72.4 Å². The van der Waals surface area contributed by atoms with E-state index >= 15 is 0 Å². The van der Waals surface area contributed by atoms with Crippen LogP contribution >= 0.6 is 55.2 Å². The molecule has 3 aromatic carbocycles. The Kier molecular flexibility index (Phi) is 8.21. The molecule has 35 heavy (non-hydrogen) atoms. The van der Waals surface area contributed by atoms with Crippen LogP contribution in [0, 0.1) is 5.82 Å². The second-order valence-corrected chi connectivity index (χ2v) is 10.6. The standard InChI is InChI=1S/C25H17Br2ClFNO4S/c1-33-21-10-15(9-18(27)23(21)34-13-14-5-7-16(26)8-6-14)11-22-24(31)30(25(32)35-22)12-17-19(28)3-2-4-20(17)29/h2-11H,12-13H2,1H3/b22-11-. The Morgan fingerprint density at radius 2 is 1.86 bits per heavy atom. The molecule has 4 rings (SSSR count). The van der Waals surface area contributed by atoms with Gasteiger partial charge in [-0.2, -0.15) is 0 Å². The highest BCUT2D eigenvalue weighted by atomic mass is 79.9. The van der Waals surface area contributed by atoms with Crippen LogP contribution in [-0.4, -0.2) is 23.2 Å². The Balaban J connectivity index is 1.54. The highest BCUT2D eigenvalue weighted by Gasteiger charge is 2.36. The van der Waals surface area contributed by atoms with E-state index in [0.29, 0.717) is 28.1 Å². The summed E-state index contributed by atoms with van der Waals surface area (Å²) in [4.78, 5) is 26.6. The van der Waals surface area contributed by atoms with E-state index < -0.39 is 17.0 Å². The highest BCUT2D eigenvalue weighted by Crippen LogP contribution is 2.40. The molecule has 5 nitrogen and oxygen atoms in total. The van der Waals surface area contributed by atoms with Crippen molar-refractivity contribution in [3.8, 4) is 11.5 Å². The minimum atomic E-state index is -0.576. The number of hydrogen-bond acceptors (Lipinski definition) is 5. The molecule has 0 bridgehead atoms. The molecule has 0 N–H and O–H groups in total. The van der Waals surface area contributed by atoms with Crippen LogP contribution in [0.1, 0.15) is 16.7 Å². The zero-order valence-electron chi connectivity index (χ0n) is 18.2. The molecule has 0 aromatic heterocycles. The Morgan fingerprint density at radius 3 is 2.54 bits per heavy atom. The monoisotopic (exact) mass is 639 g/mol. The number of ether oxygens (including phenoxy) is 2. The molecule has 1 heterocycles.